The fourth-order valence-corrected chi connectivity index (χ4v) is 4.18. The van der Waals surface area contributed by atoms with E-state index in [0.29, 0.717) is 11.8 Å². The molecule has 0 bridgehead atoms. The molecule has 0 heterocycles. The molecule has 2 atom stereocenters. The molecule has 3 rings (SSSR count). The van der Waals surface area contributed by atoms with Crippen molar-refractivity contribution in [2.45, 2.75) is 55.4 Å². The molecule has 0 spiro atoms. The maximum atomic E-state index is 2.49. The maximum Gasteiger partial charge on any atom is -0.0111 e. The van der Waals surface area contributed by atoms with Crippen molar-refractivity contribution in [2.75, 3.05) is 0 Å². The van der Waals surface area contributed by atoms with Crippen molar-refractivity contribution >= 4 is 22.9 Å². The van der Waals surface area contributed by atoms with Gasteiger partial charge in [-0.05, 0) is 108 Å². The zero-order chi connectivity index (χ0) is 16.3. The third-order valence-corrected chi connectivity index (χ3v) is 6.22. The lowest BCUT2D eigenvalue weighted by Crippen LogP contribution is -2.36. The lowest BCUT2D eigenvalue weighted by atomic mass is 9.81. The number of rotatable bonds is 0. The van der Waals surface area contributed by atoms with Crippen LogP contribution in [-0.4, -0.2) is 0 Å². The van der Waals surface area contributed by atoms with Crippen molar-refractivity contribution in [3.63, 3.8) is 0 Å². The molecule has 0 heteroatoms. The predicted octanol–water partition coefficient (Wildman–Crippen LogP) is 4.54. The second-order valence-corrected chi connectivity index (χ2v) is 7.38. The molecule has 22 heavy (non-hydrogen) atoms. The fourth-order valence-electron chi connectivity index (χ4n) is 4.18. The van der Waals surface area contributed by atoms with E-state index in [0.717, 1.165) is 0 Å². The van der Waals surface area contributed by atoms with E-state index in [1.807, 2.05) is 0 Å². The lowest BCUT2D eigenvalue weighted by Gasteiger charge is -2.23. The molecule has 0 aromatic heterocycles. The normalized spacial score (nSPS) is 20.5. The van der Waals surface area contributed by atoms with Gasteiger partial charge in [0.15, 0.2) is 0 Å². The van der Waals surface area contributed by atoms with Crippen LogP contribution in [0.25, 0.3) is 22.9 Å². The third kappa shape index (κ3) is 1.89. The van der Waals surface area contributed by atoms with Crippen LogP contribution >= 0.6 is 0 Å². The second kappa shape index (κ2) is 4.98. The summed E-state index contributed by atoms with van der Waals surface area (Å²) in [6.07, 6.45) is 4.98. The smallest absolute Gasteiger partial charge is 0.0111 e. The fraction of sp³-hybridized carbons (Fsp3) is 0.455. The van der Waals surface area contributed by atoms with Gasteiger partial charge in [0.2, 0.25) is 0 Å². The Morgan fingerprint density at radius 1 is 0.500 bits per heavy atom. The quantitative estimate of drug-likeness (QED) is 0.669. The summed E-state index contributed by atoms with van der Waals surface area (Å²) in [5.74, 6) is 1.24. The zero-order valence-corrected chi connectivity index (χ0v) is 15.3. The van der Waals surface area contributed by atoms with Crippen LogP contribution < -0.4 is 10.4 Å². The first-order valence-corrected chi connectivity index (χ1v) is 8.48. The highest BCUT2D eigenvalue weighted by molar-refractivity contribution is 5.96. The minimum atomic E-state index is 0.621. The molecule has 1 aliphatic carbocycles. The van der Waals surface area contributed by atoms with Crippen molar-refractivity contribution < 1.29 is 0 Å². The van der Waals surface area contributed by atoms with Crippen molar-refractivity contribution in [1.82, 2.24) is 0 Å². The molecule has 0 N–H and O–H groups in total. The van der Waals surface area contributed by atoms with Crippen molar-refractivity contribution in [1.29, 1.82) is 0 Å². The monoisotopic (exact) mass is 292 g/mol. The molecular weight excluding hydrogens is 264 g/mol. The molecule has 0 saturated carbocycles. The van der Waals surface area contributed by atoms with Crippen LogP contribution in [0.15, 0.2) is 0 Å². The predicted molar refractivity (Wildman–Crippen MR) is 98.9 cm³/mol. The maximum absolute atomic E-state index is 2.49. The Labute approximate surface area is 134 Å². The standard InChI is InChI=1S/C22H28/c1-11-9-19-17(7)21-15(5)13(3)14(4)16(6)22(21)18(8)20(19)10-12(11)2/h9-12H,1-8H3. The molecule has 0 radical (unpaired) electrons. The van der Waals surface area contributed by atoms with Gasteiger partial charge < -0.3 is 0 Å². The van der Waals surface area contributed by atoms with Crippen LogP contribution in [0.5, 0.6) is 0 Å². The molecule has 0 amide bonds. The Hall–Kier alpha value is -1.56. The number of benzene rings is 2. The Kier molecular flexibility index (Phi) is 3.47. The molecule has 0 fully saturated rings. The summed E-state index contributed by atoms with van der Waals surface area (Å²) in [7, 11) is 0. The molecule has 0 saturated heterocycles. The van der Waals surface area contributed by atoms with Crippen molar-refractivity contribution in [3.8, 4) is 0 Å². The molecule has 0 nitrogen and oxygen atoms in total. The largest absolute Gasteiger partial charge is 0.0730 e. The van der Waals surface area contributed by atoms with E-state index >= 15 is 0 Å². The average molecular weight is 292 g/mol. The van der Waals surface area contributed by atoms with Gasteiger partial charge in [-0.25, -0.2) is 0 Å². The van der Waals surface area contributed by atoms with Crippen LogP contribution in [-0.2, 0) is 0 Å². The van der Waals surface area contributed by atoms with E-state index in [2.05, 4.69) is 67.5 Å². The van der Waals surface area contributed by atoms with Gasteiger partial charge in [0, 0.05) is 0 Å². The van der Waals surface area contributed by atoms with Gasteiger partial charge in [-0.2, -0.15) is 0 Å². The van der Waals surface area contributed by atoms with E-state index in [1.165, 1.54) is 54.6 Å². The summed E-state index contributed by atoms with van der Waals surface area (Å²) in [6.45, 7) is 18.4. The highest BCUT2D eigenvalue weighted by Crippen LogP contribution is 2.31. The Balaban J connectivity index is 2.68. The molecular formula is C22H28. The molecule has 1 aliphatic rings. The van der Waals surface area contributed by atoms with Gasteiger partial charge in [-0.3, -0.25) is 0 Å². The van der Waals surface area contributed by atoms with Gasteiger partial charge in [-0.15, -0.1) is 0 Å². The summed E-state index contributed by atoms with van der Waals surface area (Å²) in [6, 6.07) is 0. The zero-order valence-electron chi connectivity index (χ0n) is 15.3. The van der Waals surface area contributed by atoms with Gasteiger partial charge in [0.25, 0.3) is 0 Å². The summed E-state index contributed by atoms with van der Waals surface area (Å²) in [4.78, 5) is 0. The van der Waals surface area contributed by atoms with Crippen LogP contribution in [0, 0.1) is 53.4 Å². The Morgan fingerprint density at radius 2 is 0.818 bits per heavy atom. The first-order chi connectivity index (χ1) is 10.3. The first-order valence-electron chi connectivity index (χ1n) is 8.48. The van der Waals surface area contributed by atoms with Gasteiger partial charge in [0.1, 0.15) is 0 Å². The Bertz CT molecular complexity index is 834. The summed E-state index contributed by atoms with van der Waals surface area (Å²) < 4.78 is 0. The number of hydrogen-bond acceptors (Lipinski definition) is 0. The minimum Gasteiger partial charge on any atom is -0.0730 e. The van der Waals surface area contributed by atoms with E-state index < -0.39 is 0 Å². The molecule has 0 aliphatic heterocycles. The molecule has 2 aromatic rings. The number of aryl methyl sites for hydroxylation is 4. The molecule has 2 unspecified atom stereocenters. The summed E-state index contributed by atoms with van der Waals surface area (Å²) in [5, 5.41) is 5.93. The first kappa shape index (κ1) is 15.3. The van der Waals surface area contributed by atoms with Crippen molar-refractivity contribution in [3.05, 3.63) is 43.8 Å². The minimum absolute atomic E-state index is 0.621. The van der Waals surface area contributed by atoms with Gasteiger partial charge >= 0.3 is 0 Å². The van der Waals surface area contributed by atoms with E-state index in [1.54, 1.807) is 0 Å². The van der Waals surface area contributed by atoms with E-state index in [-0.39, 0.29) is 0 Å². The van der Waals surface area contributed by atoms with Crippen LogP contribution in [0.1, 0.15) is 47.2 Å². The van der Waals surface area contributed by atoms with Gasteiger partial charge in [-0.1, -0.05) is 26.0 Å². The highest BCUT2D eigenvalue weighted by Gasteiger charge is 2.18. The number of hydrogen-bond donors (Lipinski definition) is 0. The Morgan fingerprint density at radius 3 is 1.14 bits per heavy atom. The molecule has 2 aromatic carbocycles. The average Bonchev–Trinajstić information content (AvgIpc) is 2.48. The SMILES string of the molecule is Cc1c(C)c(C)c2c(C)c3c(c(C)c2c1C)=CC(C)C(C)C=3. The lowest BCUT2D eigenvalue weighted by molar-refractivity contribution is 0.607. The van der Waals surface area contributed by atoms with Crippen molar-refractivity contribution in [2.24, 2.45) is 11.8 Å². The van der Waals surface area contributed by atoms with Crippen LogP contribution in [0.2, 0.25) is 0 Å². The van der Waals surface area contributed by atoms with Crippen LogP contribution in [0.4, 0.5) is 0 Å². The topological polar surface area (TPSA) is 0 Å². The summed E-state index contributed by atoms with van der Waals surface area (Å²) in [5.41, 5.74) is 8.76. The van der Waals surface area contributed by atoms with E-state index in [4.69, 9.17) is 0 Å². The third-order valence-electron chi connectivity index (χ3n) is 6.22. The summed E-state index contributed by atoms with van der Waals surface area (Å²) >= 11 is 0. The van der Waals surface area contributed by atoms with Gasteiger partial charge in [0.05, 0.1) is 0 Å². The molecule has 116 valence electrons. The van der Waals surface area contributed by atoms with E-state index in [9.17, 15) is 0 Å². The number of fused-ring (bicyclic) bond motifs is 2. The second-order valence-electron chi connectivity index (χ2n) is 7.38. The van der Waals surface area contributed by atoms with Crippen LogP contribution in [0.3, 0.4) is 0 Å². The highest BCUT2D eigenvalue weighted by atomic mass is 14.2.